The molecule has 0 amide bonds. The first-order chi connectivity index (χ1) is 12.1. The molecule has 2 nitrogen and oxygen atoms in total. The average Bonchev–Trinajstić information content (AvgIpc) is 2.55. The molecular formula is C23H31ClN2. The van der Waals surface area contributed by atoms with Crippen LogP contribution < -0.4 is 0 Å². The fraction of sp³-hybridized carbons (Fsp3) is 0.435. The van der Waals surface area contributed by atoms with Crippen LogP contribution in [0.3, 0.4) is 0 Å². The second-order valence-electron chi connectivity index (χ2n) is 8.12. The van der Waals surface area contributed by atoms with E-state index in [2.05, 4.69) is 81.8 Å². The molecule has 0 unspecified atom stereocenters. The van der Waals surface area contributed by atoms with E-state index in [1.807, 2.05) is 13.4 Å². The van der Waals surface area contributed by atoms with Crippen molar-refractivity contribution in [3.63, 3.8) is 0 Å². The number of rotatable bonds is 5. The van der Waals surface area contributed by atoms with Gasteiger partial charge in [0, 0.05) is 18.6 Å². The van der Waals surface area contributed by atoms with E-state index in [0.717, 1.165) is 23.7 Å². The highest BCUT2D eigenvalue weighted by molar-refractivity contribution is 6.31. The highest BCUT2D eigenvalue weighted by Crippen LogP contribution is 2.31. The Hall–Kier alpha value is -1.80. The molecule has 0 N–H and O–H groups in total. The van der Waals surface area contributed by atoms with Crippen LogP contribution in [0.25, 0.3) is 0 Å². The molecule has 0 bridgehead atoms. The highest BCUT2D eigenvalue weighted by atomic mass is 35.5. The Morgan fingerprint density at radius 2 is 1.77 bits per heavy atom. The number of hydrogen-bond acceptors (Lipinski definition) is 1. The van der Waals surface area contributed by atoms with E-state index in [1.54, 1.807) is 0 Å². The maximum Gasteiger partial charge on any atom is 0.0909 e. The molecule has 0 atom stereocenters. The van der Waals surface area contributed by atoms with Gasteiger partial charge in [0.15, 0.2) is 0 Å². The Morgan fingerprint density at radius 3 is 2.35 bits per heavy atom. The smallest absolute Gasteiger partial charge is 0.0909 e. The van der Waals surface area contributed by atoms with Gasteiger partial charge in [-0.15, -0.1) is 0 Å². The molecule has 0 saturated heterocycles. The Labute approximate surface area is 163 Å². The van der Waals surface area contributed by atoms with Gasteiger partial charge in [-0.3, -0.25) is 0 Å². The number of halogens is 1. The molecule has 0 saturated carbocycles. The normalized spacial score (nSPS) is 12.0. The summed E-state index contributed by atoms with van der Waals surface area (Å²) in [5.74, 6) is 0. The molecule has 3 heteroatoms. The van der Waals surface area contributed by atoms with E-state index in [-0.39, 0.29) is 5.41 Å². The second kappa shape index (κ2) is 8.26. The van der Waals surface area contributed by atoms with Crippen molar-refractivity contribution in [1.29, 1.82) is 0 Å². The summed E-state index contributed by atoms with van der Waals surface area (Å²) in [4.78, 5) is 6.69. The number of benzene rings is 2. The lowest BCUT2D eigenvalue weighted by molar-refractivity contribution is 0.552. The van der Waals surface area contributed by atoms with Crippen molar-refractivity contribution >= 4 is 23.6 Å². The van der Waals surface area contributed by atoms with Gasteiger partial charge in [0.05, 0.1) is 12.0 Å². The summed E-state index contributed by atoms with van der Waals surface area (Å²) in [5.41, 5.74) is 7.32. The minimum atomic E-state index is 0.0629. The number of nitrogens with zero attached hydrogens (tertiary/aromatic N) is 2. The minimum Gasteiger partial charge on any atom is -0.366 e. The molecule has 0 aromatic heterocycles. The summed E-state index contributed by atoms with van der Waals surface area (Å²) in [7, 11) is 2.03. The van der Waals surface area contributed by atoms with E-state index in [9.17, 15) is 0 Å². The van der Waals surface area contributed by atoms with E-state index in [1.165, 1.54) is 27.8 Å². The van der Waals surface area contributed by atoms with Crippen LogP contribution in [0, 0.1) is 13.8 Å². The van der Waals surface area contributed by atoms with Crippen LogP contribution in [0.5, 0.6) is 0 Å². The summed E-state index contributed by atoms with van der Waals surface area (Å²) >= 11 is 6.54. The van der Waals surface area contributed by atoms with Gasteiger partial charge < -0.3 is 4.90 Å². The molecule has 0 aliphatic carbocycles. The molecule has 0 radical (unpaired) electrons. The predicted molar refractivity (Wildman–Crippen MR) is 115 cm³/mol. The largest absolute Gasteiger partial charge is 0.366 e. The van der Waals surface area contributed by atoms with Crippen LogP contribution in [-0.4, -0.2) is 24.8 Å². The Morgan fingerprint density at radius 1 is 1.08 bits per heavy atom. The van der Waals surface area contributed by atoms with Gasteiger partial charge in [0.2, 0.25) is 0 Å². The van der Waals surface area contributed by atoms with Crippen molar-refractivity contribution in [3.05, 3.63) is 63.2 Å². The first-order valence-corrected chi connectivity index (χ1v) is 9.63. The lowest BCUT2D eigenvalue weighted by Crippen LogP contribution is -2.14. The summed E-state index contributed by atoms with van der Waals surface area (Å²) in [6.07, 6.45) is 2.78. The summed E-state index contributed by atoms with van der Waals surface area (Å²) in [5, 5.41) is 0.855. The third-order valence-corrected chi connectivity index (χ3v) is 5.10. The van der Waals surface area contributed by atoms with Gasteiger partial charge >= 0.3 is 0 Å². The average molecular weight is 371 g/mol. The molecule has 2 aromatic rings. The third-order valence-electron chi connectivity index (χ3n) is 4.78. The molecule has 0 spiro atoms. The first kappa shape index (κ1) is 20.5. The van der Waals surface area contributed by atoms with Crippen LogP contribution in [0.15, 0.2) is 35.3 Å². The minimum absolute atomic E-state index is 0.0629. The van der Waals surface area contributed by atoms with E-state index in [4.69, 9.17) is 11.6 Å². The summed E-state index contributed by atoms with van der Waals surface area (Å²) in [6.45, 7) is 13.9. The zero-order valence-corrected chi connectivity index (χ0v) is 17.9. The Balaban J connectivity index is 2.27. The molecule has 0 aliphatic heterocycles. The van der Waals surface area contributed by atoms with Gasteiger partial charge in [-0.2, -0.15) is 0 Å². The molecule has 26 heavy (non-hydrogen) atoms. The van der Waals surface area contributed by atoms with E-state index >= 15 is 0 Å². The van der Waals surface area contributed by atoms with Crippen molar-refractivity contribution < 1.29 is 0 Å². The van der Waals surface area contributed by atoms with Crippen LogP contribution in [0.2, 0.25) is 5.02 Å². The number of aliphatic imine (C=N–C) groups is 1. The first-order valence-electron chi connectivity index (χ1n) is 9.25. The predicted octanol–water partition coefficient (Wildman–Crippen LogP) is 6.46. The van der Waals surface area contributed by atoms with Crippen LogP contribution >= 0.6 is 11.6 Å². The summed E-state index contributed by atoms with van der Waals surface area (Å²) < 4.78 is 0. The molecule has 0 aliphatic rings. The van der Waals surface area contributed by atoms with Crippen molar-refractivity contribution in [1.82, 2.24) is 4.90 Å². The Bertz CT molecular complexity index is 801. The van der Waals surface area contributed by atoms with Gasteiger partial charge in [-0.1, -0.05) is 50.6 Å². The molecule has 140 valence electrons. The highest BCUT2D eigenvalue weighted by Gasteiger charge is 2.17. The van der Waals surface area contributed by atoms with Crippen molar-refractivity contribution in [2.75, 3.05) is 13.6 Å². The van der Waals surface area contributed by atoms with E-state index in [0.29, 0.717) is 0 Å². The monoisotopic (exact) mass is 370 g/mol. The summed E-state index contributed by atoms with van der Waals surface area (Å²) in [6, 6.07) is 10.9. The Kier molecular flexibility index (Phi) is 6.52. The zero-order valence-electron chi connectivity index (χ0n) is 17.2. The fourth-order valence-corrected chi connectivity index (χ4v) is 3.42. The molecule has 0 heterocycles. The van der Waals surface area contributed by atoms with Crippen LogP contribution in [0.1, 0.15) is 55.5 Å². The maximum atomic E-state index is 6.54. The second-order valence-corrected chi connectivity index (χ2v) is 8.53. The number of hydrogen-bond donors (Lipinski definition) is 0. The van der Waals surface area contributed by atoms with E-state index < -0.39 is 0 Å². The maximum absolute atomic E-state index is 6.54. The molecule has 2 rings (SSSR count). The molecular weight excluding hydrogens is 340 g/mol. The van der Waals surface area contributed by atoms with Crippen LogP contribution in [0.4, 0.5) is 5.69 Å². The number of aryl methyl sites for hydroxylation is 2. The zero-order chi connectivity index (χ0) is 19.5. The fourth-order valence-electron chi connectivity index (χ4n) is 2.93. The van der Waals surface area contributed by atoms with Gasteiger partial charge in [0.1, 0.15) is 0 Å². The SMILES string of the molecule is CCN(C)/C=N\c1cc(C)c(Cc2ccc(C(C)(C)C)c(Cl)c2)cc1C. The van der Waals surface area contributed by atoms with Crippen LogP contribution in [-0.2, 0) is 11.8 Å². The third kappa shape index (κ3) is 5.11. The van der Waals surface area contributed by atoms with Gasteiger partial charge in [-0.25, -0.2) is 4.99 Å². The lowest BCUT2D eigenvalue weighted by atomic mass is 9.86. The van der Waals surface area contributed by atoms with Gasteiger partial charge in [-0.05, 0) is 72.6 Å². The quantitative estimate of drug-likeness (QED) is 0.435. The van der Waals surface area contributed by atoms with Crippen molar-refractivity contribution in [2.24, 2.45) is 4.99 Å². The van der Waals surface area contributed by atoms with Gasteiger partial charge in [0.25, 0.3) is 0 Å². The molecule has 0 fully saturated rings. The van der Waals surface area contributed by atoms with Crippen molar-refractivity contribution in [2.45, 2.75) is 53.4 Å². The lowest BCUT2D eigenvalue weighted by Gasteiger charge is -2.21. The standard InChI is InChI=1S/C23H31ClN2/c1-8-26(7)15-25-22-12-16(2)19(11-17(22)3)13-18-9-10-20(21(24)14-18)23(4,5)6/h9-12,14-15H,8,13H2,1-7H3/b25-15-. The topological polar surface area (TPSA) is 15.6 Å². The van der Waals surface area contributed by atoms with Crippen molar-refractivity contribution in [3.8, 4) is 0 Å². The molecule has 2 aromatic carbocycles.